The Hall–Kier alpha value is -1.88. The van der Waals surface area contributed by atoms with Gasteiger partial charge in [-0.1, -0.05) is 12.1 Å². The zero-order valence-electron chi connectivity index (χ0n) is 17.7. The Kier molecular flexibility index (Phi) is 5.21. The van der Waals surface area contributed by atoms with Crippen molar-refractivity contribution in [3.8, 4) is 0 Å². The standard InChI is InChI=1S/C23H34N4O/c1-15-6-5-7-19-22(15)25-20(24-19)14-16-12-17-8-9-18(13-16)27(17)11-10-21(28)26-23(2,3)4/h5-7,16-18H,8-14H2,1-4H3,(H,24,25)(H,26,28)/t16?,17-,18+. The molecule has 0 saturated carbocycles. The monoisotopic (exact) mass is 382 g/mol. The lowest BCUT2D eigenvalue weighted by atomic mass is 9.88. The lowest BCUT2D eigenvalue weighted by molar-refractivity contribution is -0.123. The molecular weight excluding hydrogens is 348 g/mol. The van der Waals surface area contributed by atoms with Crippen molar-refractivity contribution in [3.63, 3.8) is 0 Å². The van der Waals surface area contributed by atoms with Crippen LogP contribution in [-0.2, 0) is 11.2 Å². The third-order valence-electron chi connectivity index (χ3n) is 6.34. The Morgan fingerprint density at radius 1 is 1.25 bits per heavy atom. The van der Waals surface area contributed by atoms with E-state index < -0.39 is 0 Å². The molecule has 0 spiro atoms. The van der Waals surface area contributed by atoms with Gasteiger partial charge in [0.2, 0.25) is 5.91 Å². The van der Waals surface area contributed by atoms with Gasteiger partial charge in [0, 0.05) is 37.0 Å². The summed E-state index contributed by atoms with van der Waals surface area (Å²) >= 11 is 0. The third-order valence-corrected chi connectivity index (χ3v) is 6.34. The number of amides is 1. The fourth-order valence-corrected chi connectivity index (χ4v) is 5.23. The van der Waals surface area contributed by atoms with Gasteiger partial charge in [-0.3, -0.25) is 9.69 Å². The number of nitrogens with one attached hydrogen (secondary N) is 2. The predicted octanol–water partition coefficient (Wildman–Crippen LogP) is 3.96. The zero-order valence-corrected chi connectivity index (χ0v) is 17.7. The number of benzene rings is 1. The highest BCUT2D eigenvalue weighted by molar-refractivity contribution is 5.78. The van der Waals surface area contributed by atoms with Crippen LogP contribution in [0.1, 0.15) is 64.3 Å². The topological polar surface area (TPSA) is 61.0 Å². The van der Waals surface area contributed by atoms with Crippen molar-refractivity contribution in [2.24, 2.45) is 5.92 Å². The Labute approximate surface area is 168 Å². The number of hydrogen-bond acceptors (Lipinski definition) is 3. The molecule has 2 bridgehead atoms. The van der Waals surface area contributed by atoms with Crippen molar-refractivity contribution in [3.05, 3.63) is 29.6 Å². The number of aryl methyl sites for hydroxylation is 1. The average Bonchev–Trinajstić information content (AvgIpc) is 3.10. The van der Waals surface area contributed by atoms with Crippen LogP contribution < -0.4 is 5.32 Å². The van der Waals surface area contributed by atoms with E-state index in [4.69, 9.17) is 4.98 Å². The second kappa shape index (κ2) is 7.51. The summed E-state index contributed by atoms with van der Waals surface area (Å²) in [5.41, 5.74) is 3.36. The van der Waals surface area contributed by atoms with Gasteiger partial charge in [0.05, 0.1) is 11.0 Å². The van der Waals surface area contributed by atoms with Gasteiger partial charge >= 0.3 is 0 Å². The summed E-state index contributed by atoms with van der Waals surface area (Å²) in [4.78, 5) is 23.2. The lowest BCUT2D eigenvalue weighted by Crippen LogP contribution is -2.46. The molecule has 5 nitrogen and oxygen atoms in total. The van der Waals surface area contributed by atoms with E-state index in [0.29, 0.717) is 24.4 Å². The summed E-state index contributed by atoms with van der Waals surface area (Å²) in [6, 6.07) is 7.61. The van der Waals surface area contributed by atoms with Crippen molar-refractivity contribution in [2.75, 3.05) is 6.54 Å². The maximum atomic E-state index is 12.2. The van der Waals surface area contributed by atoms with E-state index in [1.807, 2.05) is 20.8 Å². The van der Waals surface area contributed by atoms with Gasteiger partial charge in [-0.25, -0.2) is 4.98 Å². The molecule has 4 rings (SSSR count). The summed E-state index contributed by atoms with van der Waals surface area (Å²) in [7, 11) is 0. The molecule has 0 aliphatic carbocycles. The fourth-order valence-electron chi connectivity index (χ4n) is 5.23. The third kappa shape index (κ3) is 4.24. The Morgan fingerprint density at radius 3 is 2.61 bits per heavy atom. The number of para-hydroxylation sites is 1. The van der Waals surface area contributed by atoms with Crippen molar-refractivity contribution >= 4 is 16.9 Å². The Balaban J connectivity index is 1.34. The van der Waals surface area contributed by atoms with E-state index in [2.05, 4.69) is 40.3 Å². The van der Waals surface area contributed by atoms with Crippen LogP contribution in [0.4, 0.5) is 0 Å². The first-order valence-electron chi connectivity index (χ1n) is 10.8. The molecule has 5 heteroatoms. The molecule has 2 saturated heterocycles. The maximum Gasteiger partial charge on any atom is 0.221 e. The van der Waals surface area contributed by atoms with Gasteiger partial charge in [0.15, 0.2) is 0 Å². The number of aromatic amines is 1. The first-order chi connectivity index (χ1) is 13.3. The average molecular weight is 383 g/mol. The van der Waals surface area contributed by atoms with Crippen LogP contribution in [0, 0.1) is 12.8 Å². The number of hydrogen-bond donors (Lipinski definition) is 2. The highest BCUT2D eigenvalue weighted by Crippen LogP contribution is 2.39. The minimum Gasteiger partial charge on any atom is -0.351 e. The molecule has 1 aromatic heterocycles. The summed E-state index contributed by atoms with van der Waals surface area (Å²) in [5.74, 6) is 2.00. The highest BCUT2D eigenvalue weighted by atomic mass is 16.1. The first kappa shape index (κ1) is 19.4. The number of imidazole rings is 1. The van der Waals surface area contributed by atoms with Crippen molar-refractivity contribution < 1.29 is 4.79 Å². The number of H-pyrrole nitrogens is 1. The number of rotatable bonds is 5. The number of piperidine rings is 1. The molecule has 2 fully saturated rings. The molecule has 1 amide bonds. The second-order valence-electron chi connectivity index (χ2n) is 9.87. The zero-order chi connectivity index (χ0) is 19.9. The number of carbonyl (C=O) groups is 1. The van der Waals surface area contributed by atoms with E-state index in [0.717, 1.165) is 29.8 Å². The largest absolute Gasteiger partial charge is 0.351 e. The molecule has 1 aromatic carbocycles. The lowest BCUT2D eigenvalue weighted by Gasteiger charge is -2.39. The second-order valence-corrected chi connectivity index (χ2v) is 9.87. The quantitative estimate of drug-likeness (QED) is 0.823. The summed E-state index contributed by atoms with van der Waals surface area (Å²) < 4.78 is 0. The van der Waals surface area contributed by atoms with Gasteiger partial charge in [0.25, 0.3) is 0 Å². The SMILES string of the molecule is Cc1cccc2[nH]c(CC3C[C@H]4CC[C@@H](C3)N4CCC(=O)NC(C)(C)C)nc12. The molecule has 2 aromatic rings. The predicted molar refractivity (Wildman–Crippen MR) is 113 cm³/mol. The molecule has 2 aliphatic heterocycles. The number of fused-ring (bicyclic) bond motifs is 3. The molecule has 0 radical (unpaired) electrons. The minimum atomic E-state index is -0.145. The molecule has 1 unspecified atom stereocenters. The molecule has 3 heterocycles. The van der Waals surface area contributed by atoms with E-state index in [1.54, 1.807) is 0 Å². The van der Waals surface area contributed by atoms with Crippen LogP contribution in [-0.4, -0.2) is 44.9 Å². The van der Waals surface area contributed by atoms with Crippen LogP contribution in [0.2, 0.25) is 0 Å². The van der Waals surface area contributed by atoms with E-state index in [-0.39, 0.29) is 11.4 Å². The van der Waals surface area contributed by atoms with Gasteiger partial charge in [0.1, 0.15) is 5.82 Å². The maximum absolute atomic E-state index is 12.2. The van der Waals surface area contributed by atoms with E-state index in [9.17, 15) is 4.79 Å². The summed E-state index contributed by atoms with van der Waals surface area (Å²) in [6.45, 7) is 9.15. The van der Waals surface area contributed by atoms with Crippen molar-refractivity contribution in [1.29, 1.82) is 0 Å². The molecule has 3 atom stereocenters. The van der Waals surface area contributed by atoms with Crippen LogP contribution in [0.5, 0.6) is 0 Å². The molecular formula is C23H34N4O. The first-order valence-corrected chi connectivity index (χ1v) is 10.8. The van der Waals surface area contributed by atoms with Gasteiger partial charge in [-0.2, -0.15) is 0 Å². The Bertz CT molecular complexity index is 836. The number of nitrogens with zero attached hydrogens (tertiary/aromatic N) is 2. The number of carbonyl (C=O) groups excluding carboxylic acids is 1. The molecule has 2 N–H and O–H groups in total. The minimum absolute atomic E-state index is 0.145. The van der Waals surface area contributed by atoms with Gasteiger partial charge < -0.3 is 10.3 Å². The van der Waals surface area contributed by atoms with Gasteiger partial charge in [-0.05, 0) is 70.9 Å². The normalized spacial score (nSPS) is 25.4. The summed E-state index contributed by atoms with van der Waals surface area (Å²) in [6.07, 6.45) is 6.67. The summed E-state index contributed by atoms with van der Waals surface area (Å²) in [5, 5.41) is 3.09. The molecule has 2 aliphatic rings. The fraction of sp³-hybridized carbons (Fsp3) is 0.652. The van der Waals surface area contributed by atoms with E-state index in [1.165, 1.54) is 31.2 Å². The number of aromatic nitrogens is 2. The van der Waals surface area contributed by atoms with Crippen LogP contribution in [0.15, 0.2) is 18.2 Å². The molecule has 152 valence electrons. The van der Waals surface area contributed by atoms with E-state index >= 15 is 0 Å². The smallest absolute Gasteiger partial charge is 0.221 e. The van der Waals surface area contributed by atoms with Crippen molar-refractivity contribution in [2.45, 2.75) is 83.8 Å². The van der Waals surface area contributed by atoms with Crippen LogP contribution in [0.3, 0.4) is 0 Å². The van der Waals surface area contributed by atoms with Gasteiger partial charge in [-0.15, -0.1) is 0 Å². The van der Waals surface area contributed by atoms with Crippen molar-refractivity contribution in [1.82, 2.24) is 20.2 Å². The highest BCUT2D eigenvalue weighted by Gasteiger charge is 2.40. The van der Waals surface area contributed by atoms with Crippen LogP contribution in [0.25, 0.3) is 11.0 Å². The molecule has 28 heavy (non-hydrogen) atoms. The Morgan fingerprint density at radius 2 is 1.96 bits per heavy atom. The van der Waals surface area contributed by atoms with Crippen LogP contribution >= 0.6 is 0 Å².